The first-order valence-corrected chi connectivity index (χ1v) is 5.47. The van der Waals surface area contributed by atoms with Crippen LogP contribution in [0.2, 0.25) is 0 Å². The van der Waals surface area contributed by atoms with E-state index in [0.717, 1.165) is 32.2 Å². The molecule has 1 saturated heterocycles. The van der Waals surface area contributed by atoms with Crippen molar-refractivity contribution in [1.82, 2.24) is 4.90 Å². The Bertz CT molecular complexity index is 260. The molecule has 4 nitrogen and oxygen atoms in total. The van der Waals surface area contributed by atoms with Crippen LogP contribution in [0, 0.1) is 11.3 Å². The van der Waals surface area contributed by atoms with Gasteiger partial charge in [-0.25, -0.2) is 0 Å². The van der Waals surface area contributed by atoms with Gasteiger partial charge < -0.3 is 4.74 Å². The van der Waals surface area contributed by atoms with Crippen molar-refractivity contribution in [1.29, 1.82) is 5.26 Å². The van der Waals surface area contributed by atoms with Gasteiger partial charge in [0.05, 0.1) is 19.2 Å². The van der Waals surface area contributed by atoms with Gasteiger partial charge in [-0.15, -0.1) is 0 Å². The molecular formula is C11H18N2O2. The minimum atomic E-state index is -0.205. The van der Waals surface area contributed by atoms with Crippen molar-refractivity contribution in [2.45, 2.75) is 44.7 Å². The molecule has 0 amide bonds. The molecule has 0 radical (unpaired) electrons. The summed E-state index contributed by atoms with van der Waals surface area (Å²) in [5, 5.41) is 9.05. The number of likely N-dealkylation sites (tertiary alicyclic amines) is 1. The van der Waals surface area contributed by atoms with E-state index in [2.05, 4.69) is 6.07 Å². The molecule has 0 aromatic carbocycles. The van der Waals surface area contributed by atoms with Crippen LogP contribution in [0.25, 0.3) is 0 Å². The fourth-order valence-electron chi connectivity index (χ4n) is 2.13. The summed E-state index contributed by atoms with van der Waals surface area (Å²) >= 11 is 0. The summed E-state index contributed by atoms with van der Waals surface area (Å²) in [5.74, 6) is -0.205. The van der Waals surface area contributed by atoms with Crippen LogP contribution >= 0.6 is 0 Å². The first-order valence-electron chi connectivity index (χ1n) is 5.47. The fraction of sp³-hybridized carbons (Fsp3) is 0.818. The number of hydrogen-bond donors (Lipinski definition) is 0. The van der Waals surface area contributed by atoms with Crippen molar-refractivity contribution in [2.75, 3.05) is 13.7 Å². The number of ether oxygens (including phenoxy) is 1. The zero-order chi connectivity index (χ0) is 11.3. The predicted molar refractivity (Wildman–Crippen MR) is 56.1 cm³/mol. The number of carbonyl (C=O) groups is 1. The molecule has 0 aromatic rings. The van der Waals surface area contributed by atoms with Gasteiger partial charge in [-0.1, -0.05) is 13.3 Å². The molecule has 0 saturated carbocycles. The van der Waals surface area contributed by atoms with Crippen LogP contribution in [0.15, 0.2) is 0 Å². The molecule has 1 aliphatic rings. The van der Waals surface area contributed by atoms with Gasteiger partial charge in [-0.05, 0) is 19.3 Å². The molecule has 1 heterocycles. The highest BCUT2D eigenvalue weighted by molar-refractivity contribution is 5.76. The Labute approximate surface area is 90.8 Å². The molecule has 1 aliphatic heterocycles. The number of carbonyl (C=O) groups excluding carboxylic acids is 1. The number of nitriles is 1. The number of nitrogens with zero attached hydrogens (tertiary/aromatic N) is 2. The first kappa shape index (κ1) is 12.0. The predicted octanol–water partition coefficient (Wildman–Crippen LogP) is 1.32. The highest BCUT2D eigenvalue weighted by atomic mass is 16.5. The van der Waals surface area contributed by atoms with Gasteiger partial charge in [0.1, 0.15) is 6.04 Å². The number of rotatable bonds is 4. The largest absolute Gasteiger partial charge is 0.468 e. The van der Waals surface area contributed by atoms with E-state index in [1.165, 1.54) is 7.11 Å². The molecule has 4 heteroatoms. The first-order chi connectivity index (χ1) is 7.24. The molecule has 0 unspecified atom stereocenters. The molecule has 1 fully saturated rings. The molecule has 15 heavy (non-hydrogen) atoms. The van der Waals surface area contributed by atoms with E-state index in [-0.39, 0.29) is 18.1 Å². The van der Waals surface area contributed by atoms with Gasteiger partial charge in [0.25, 0.3) is 0 Å². The lowest BCUT2D eigenvalue weighted by molar-refractivity contribution is -0.146. The van der Waals surface area contributed by atoms with Gasteiger partial charge in [-0.2, -0.15) is 5.26 Å². The SMILES string of the molecule is CCC[C@H](C#N)N1CCC[C@H]1C(=O)OC. The topological polar surface area (TPSA) is 53.3 Å². The smallest absolute Gasteiger partial charge is 0.323 e. The van der Waals surface area contributed by atoms with Gasteiger partial charge in [0, 0.05) is 6.54 Å². The van der Waals surface area contributed by atoms with Crippen LogP contribution in [-0.2, 0) is 9.53 Å². The molecule has 1 rings (SSSR count). The molecule has 0 aliphatic carbocycles. The fourth-order valence-corrected chi connectivity index (χ4v) is 2.13. The van der Waals surface area contributed by atoms with Crippen molar-refractivity contribution in [3.63, 3.8) is 0 Å². The van der Waals surface area contributed by atoms with Crippen molar-refractivity contribution in [3.05, 3.63) is 0 Å². The quantitative estimate of drug-likeness (QED) is 0.657. The van der Waals surface area contributed by atoms with E-state index < -0.39 is 0 Å². The Kier molecular flexibility index (Phi) is 4.57. The molecule has 2 atom stereocenters. The van der Waals surface area contributed by atoms with Crippen molar-refractivity contribution >= 4 is 5.97 Å². The number of hydrogen-bond acceptors (Lipinski definition) is 4. The second kappa shape index (κ2) is 5.72. The zero-order valence-corrected chi connectivity index (χ0v) is 9.40. The second-order valence-electron chi connectivity index (χ2n) is 3.85. The maximum Gasteiger partial charge on any atom is 0.323 e. The third kappa shape index (κ3) is 2.69. The Morgan fingerprint density at radius 3 is 3.00 bits per heavy atom. The van der Waals surface area contributed by atoms with Crippen LogP contribution in [0.1, 0.15) is 32.6 Å². The van der Waals surface area contributed by atoms with Crippen molar-refractivity contribution < 1.29 is 9.53 Å². The van der Waals surface area contributed by atoms with Crippen molar-refractivity contribution in [2.24, 2.45) is 0 Å². The van der Waals surface area contributed by atoms with Crippen LogP contribution in [-0.4, -0.2) is 36.6 Å². The Balaban J connectivity index is 2.66. The maximum absolute atomic E-state index is 11.5. The van der Waals surface area contributed by atoms with Crippen LogP contribution in [0.5, 0.6) is 0 Å². The van der Waals surface area contributed by atoms with Crippen LogP contribution in [0.3, 0.4) is 0 Å². The summed E-state index contributed by atoms with van der Waals surface area (Å²) < 4.78 is 4.75. The molecule has 84 valence electrons. The zero-order valence-electron chi connectivity index (χ0n) is 9.40. The summed E-state index contributed by atoms with van der Waals surface area (Å²) in [6, 6.07) is 1.93. The summed E-state index contributed by atoms with van der Waals surface area (Å²) in [4.78, 5) is 13.5. The van der Waals surface area contributed by atoms with Gasteiger partial charge in [-0.3, -0.25) is 9.69 Å². The molecular weight excluding hydrogens is 192 g/mol. The molecule has 0 aromatic heterocycles. The van der Waals surface area contributed by atoms with Crippen molar-refractivity contribution in [3.8, 4) is 6.07 Å². The van der Waals surface area contributed by atoms with E-state index in [9.17, 15) is 4.79 Å². The van der Waals surface area contributed by atoms with Gasteiger partial charge in [0.15, 0.2) is 0 Å². The average Bonchev–Trinajstić information content (AvgIpc) is 2.73. The monoisotopic (exact) mass is 210 g/mol. The van der Waals surface area contributed by atoms with E-state index in [0.29, 0.717) is 0 Å². The molecule has 0 bridgehead atoms. The standard InChI is InChI=1S/C11H18N2O2/c1-3-5-9(8-12)13-7-4-6-10(13)11(14)15-2/h9-10H,3-7H2,1-2H3/t9-,10+/m1/s1. The summed E-state index contributed by atoms with van der Waals surface area (Å²) in [5.41, 5.74) is 0. The average molecular weight is 210 g/mol. The van der Waals surface area contributed by atoms with E-state index in [4.69, 9.17) is 10.00 Å². The third-order valence-electron chi connectivity index (χ3n) is 2.88. The lowest BCUT2D eigenvalue weighted by Gasteiger charge is -2.26. The van der Waals surface area contributed by atoms with E-state index in [1.54, 1.807) is 0 Å². The van der Waals surface area contributed by atoms with E-state index >= 15 is 0 Å². The number of methoxy groups -OCH3 is 1. The van der Waals surface area contributed by atoms with Crippen LogP contribution < -0.4 is 0 Å². The molecule has 0 N–H and O–H groups in total. The minimum absolute atomic E-state index is 0.137. The maximum atomic E-state index is 11.5. The highest BCUT2D eigenvalue weighted by Crippen LogP contribution is 2.22. The van der Waals surface area contributed by atoms with E-state index in [1.807, 2.05) is 11.8 Å². The normalized spacial score (nSPS) is 23.4. The Hall–Kier alpha value is -1.08. The molecule has 0 spiro atoms. The minimum Gasteiger partial charge on any atom is -0.468 e. The summed E-state index contributed by atoms with van der Waals surface area (Å²) in [6.45, 7) is 2.88. The Morgan fingerprint density at radius 1 is 1.73 bits per heavy atom. The second-order valence-corrected chi connectivity index (χ2v) is 3.85. The van der Waals surface area contributed by atoms with Gasteiger partial charge >= 0.3 is 5.97 Å². The number of esters is 1. The highest BCUT2D eigenvalue weighted by Gasteiger charge is 2.35. The van der Waals surface area contributed by atoms with Gasteiger partial charge in [0.2, 0.25) is 0 Å². The third-order valence-corrected chi connectivity index (χ3v) is 2.88. The lowest BCUT2D eigenvalue weighted by atomic mass is 10.1. The Morgan fingerprint density at radius 2 is 2.47 bits per heavy atom. The summed E-state index contributed by atoms with van der Waals surface area (Å²) in [7, 11) is 1.40. The van der Waals surface area contributed by atoms with Crippen LogP contribution in [0.4, 0.5) is 0 Å². The lowest BCUT2D eigenvalue weighted by Crippen LogP contribution is -2.43. The summed E-state index contributed by atoms with van der Waals surface area (Å²) in [6.07, 6.45) is 3.57.